The van der Waals surface area contributed by atoms with Gasteiger partial charge in [0.25, 0.3) is 5.91 Å². The summed E-state index contributed by atoms with van der Waals surface area (Å²) in [7, 11) is 0. The number of nitrogens with zero attached hydrogens (tertiary/aromatic N) is 2. The zero-order valence-corrected chi connectivity index (χ0v) is 20.3. The molecule has 4 aromatic rings. The number of hydrogen-bond acceptors (Lipinski definition) is 4. The van der Waals surface area contributed by atoms with Crippen molar-refractivity contribution in [2.75, 3.05) is 13.1 Å². The molecule has 2 heterocycles. The molecule has 0 radical (unpaired) electrons. The Hall–Kier alpha value is -4.19. The van der Waals surface area contributed by atoms with Crippen molar-refractivity contribution >= 4 is 11.8 Å². The highest BCUT2D eigenvalue weighted by atomic mass is 16.3. The monoisotopic (exact) mass is 479 g/mol. The molecular formula is C30H29N3O3. The van der Waals surface area contributed by atoms with Gasteiger partial charge in [-0.1, -0.05) is 72.8 Å². The normalized spacial score (nSPS) is 15.8. The van der Waals surface area contributed by atoms with Gasteiger partial charge in [0, 0.05) is 24.2 Å². The Kier molecular flexibility index (Phi) is 6.67. The summed E-state index contributed by atoms with van der Waals surface area (Å²) in [5, 5.41) is 3.24. The van der Waals surface area contributed by atoms with Crippen LogP contribution in [0.3, 0.4) is 0 Å². The second kappa shape index (κ2) is 10.2. The number of oxazole rings is 1. The van der Waals surface area contributed by atoms with Crippen LogP contribution in [0.4, 0.5) is 0 Å². The Morgan fingerprint density at radius 2 is 1.56 bits per heavy atom. The van der Waals surface area contributed by atoms with Gasteiger partial charge >= 0.3 is 0 Å². The van der Waals surface area contributed by atoms with Crippen molar-refractivity contribution in [1.29, 1.82) is 0 Å². The van der Waals surface area contributed by atoms with E-state index < -0.39 is 5.41 Å². The van der Waals surface area contributed by atoms with Crippen LogP contribution in [0.2, 0.25) is 0 Å². The van der Waals surface area contributed by atoms with Crippen LogP contribution in [0.15, 0.2) is 102 Å². The first kappa shape index (κ1) is 23.5. The van der Waals surface area contributed by atoms with E-state index in [1.54, 1.807) is 6.20 Å². The summed E-state index contributed by atoms with van der Waals surface area (Å²) in [4.78, 5) is 32.8. The average Bonchev–Trinajstić information content (AvgIpc) is 3.49. The van der Waals surface area contributed by atoms with E-state index in [4.69, 9.17) is 4.42 Å². The molecule has 0 bridgehead atoms. The molecule has 2 amide bonds. The van der Waals surface area contributed by atoms with Gasteiger partial charge in [0.1, 0.15) is 0 Å². The van der Waals surface area contributed by atoms with Crippen LogP contribution in [0.1, 0.15) is 47.3 Å². The number of hydrogen-bond donors (Lipinski definition) is 1. The zero-order chi connectivity index (χ0) is 25.0. The maximum absolute atomic E-state index is 13.8. The highest BCUT2D eigenvalue weighted by Gasteiger charge is 2.44. The van der Waals surface area contributed by atoms with Gasteiger partial charge in [-0.05, 0) is 43.0 Å². The van der Waals surface area contributed by atoms with Crippen LogP contribution in [0, 0.1) is 0 Å². The number of amides is 2. The summed E-state index contributed by atoms with van der Waals surface area (Å²) in [5.74, 6) is 0.641. The van der Waals surface area contributed by atoms with Crippen LogP contribution in [-0.4, -0.2) is 34.8 Å². The number of aromatic nitrogens is 1. The summed E-state index contributed by atoms with van der Waals surface area (Å²) < 4.78 is 5.33. The highest BCUT2D eigenvalue weighted by Crippen LogP contribution is 2.37. The highest BCUT2D eigenvalue weighted by molar-refractivity contribution is 5.95. The predicted molar refractivity (Wildman–Crippen MR) is 138 cm³/mol. The third-order valence-electron chi connectivity index (χ3n) is 7.16. The van der Waals surface area contributed by atoms with Crippen molar-refractivity contribution in [3.63, 3.8) is 0 Å². The van der Waals surface area contributed by atoms with Crippen molar-refractivity contribution < 1.29 is 14.0 Å². The Morgan fingerprint density at radius 3 is 2.17 bits per heavy atom. The minimum absolute atomic E-state index is 0.00793. The molecule has 5 rings (SSSR count). The average molecular weight is 480 g/mol. The molecule has 1 atom stereocenters. The van der Waals surface area contributed by atoms with E-state index in [0.29, 0.717) is 37.3 Å². The molecule has 6 nitrogen and oxygen atoms in total. The maximum Gasteiger partial charge on any atom is 0.253 e. The number of carbonyl (C=O) groups excluding carboxylic acids is 2. The molecule has 1 aliphatic rings. The molecule has 1 saturated heterocycles. The largest absolute Gasteiger partial charge is 0.444 e. The summed E-state index contributed by atoms with van der Waals surface area (Å²) in [5.41, 5.74) is 2.86. The quantitative estimate of drug-likeness (QED) is 0.402. The number of piperidine rings is 1. The van der Waals surface area contributed by atoms with Crippen molar-refractivity contribution in [2.45, 2.75) is 31.2 Å². The van der Waals surface area contributed by atoms with E-state index >= 15 is 0 Å². The van der Waals surface area contributed by atoms with Crippen LogP contribution in [-0.2, 0) is 10.2 Å². The minimum Gasteiger partial charge on any atom is -0.444 e. The van der Waals surface area contributed by atoms with Gasteiger partial charge in [-0.2, -0.15) is 0 Å². The zero-order valence-electron chi connectivity index (χ0n) is 20.3. The van der Waals surface area contributed by atoms with Crippen LogP contribution in [0.5, 0.6) is 0 Å². The number of nitrogens with one attached hydrogen (secondary N) is 1. The van der Waals surface area contributed by atoms with Crippen molar-refractivity contribution in [3.05, 3.63) is 114 Å². The molecular weight excluding hydrogens is 450 g/mol. The number of benzene rings is 3. The lowest BCUT2D eigenvalue weighted by Crippen LogP contribution is -2.53. The molecule has 1 unspecified atom stereocenters. The first-order chi connectivity index (χ1) is 17.6. The second-order valence-corrected chi connectivity index (χ2v) is 9.29. The van der Waals surface area contributed by atoms with Gasteiger partial charge in [-0.25, -0.2) is 4.98 Å². The molecule has 1 aromatic heterocycles. The SMILES string of the molecule is CC(NC(=O)C1(c2ccccc2)CCN(C(=O)c2ccc(-c3cnco3)cc2)CC1)c1ccccc1. The van der Waals surface area contributed by atoms with E-state index in [9.17, 15) is 9.59 Å². The lowest BCUT2D eigenvalue weighted by atomic mass is 9.71. The third kappa shape index (κ3) is 4.67. The predicted octanol–water partition coefficient (Wildman–Crippen LogP) is 5.39. The summed E-state index contributed by atoms with van der Waals surface area (Å²) in [6, 6.07) is 27.2. The topological polar surface area (TPSA) is 75.4 Å². The molecule has 3 aromatic carbocycles. The number of likely N-dealkylation sites (tertiary alicyclic amines) is 1. The molecule has 0 spiro atoms. The Balaban J connectivity index is 1.32. The summed E-state index contributed by atoms with van der Waals surface area (Å²) >= 11 is 0. The van der Waals surface area contributed by atoms with Crippen LogP contribution < -0.4 is 5.32 Å². The van der Waals surface area contributed by atoms with Gasteiger partial charge in [0.2, 0.25) is 5.91 Å². The Morgan fingerprint density at radius 1 is 0.917 bits per heavy atom. The van der Waals surface area contributed by atoms with E-state index in [2.05, 4.69) is 10.3 Å². The molecule has 0 saturated carbocycles. The lowest BCUT2D eigenvalue weighted by Gasteiger charge is -2.41. The van der Waals surface area contributed by atoms with Gasteiger partial charge in [0.15, 0.2) is 12.2 Å². The summed E-state index contributed by atoms with van der Waals surface area (Å²) in [6.45, 7) is 3.02. The summed E-state index contributed by atoms with van der Waals surface area (Å²) in [6.07, 6.45) is 4.16. The van der Waals surface area contributed by atoms with Crippen molar-refractivity contribution in [2.24, 2.45) is 0 Å². The van der Waals surface area contributed by atoms with Crippen LogP contribution >= 0.6 is 0 Å². The van der Waals surface area contributed by atoms with E-state index in [1.165, 1.54) is 6.39 Å². The second-order valence-electron chi connectivity index (χ2n) is 9.29. The van der Waals surface area contributed by atoms with Crippen LogP contribution in [0.25, 0.3) is 11.3 Å². The minimum atomic E-state index is -0.683. The molecule has 0 aliphatic carbocycles. The molecule has 182 valence electrons. The molecule has 1 aliphatic heterocycles. The molecule has 36 heavy (non-hydrogen) atoms. The standard InChI is InChI=1S/C30H29N3O3/c1-22(23-8-4-2-5-9-23)32-29(35)30(26-10-6-3-7-11-26)16-18-33(19-17-30)28(34)25-14-12-24(13-15-25)27-20-31-21-36-27/h2-15,20-22H,16-19H2,1H3,(H,32,35). The molecule has 6 heteroatoms. The van der Waals surface area contributed by atoms with Crippen molar-refractivity contribution in [3.8, 4) is 11.3 Å². The fraction of sp³-hybridized carbons (Fsp3) is 0.233. The Labute approximate surface area is 211 Å². The van der Waals surface area contributed by atoms with Gasteiger partial charge in [-0.15, -0.1) is 0 Å². The van der Waals surface area contributed by atoms with Gasteiger partial charge in [0.05, 0.1) is 17.7 Å². The number of carbonyl (C=O) groups is 2. The fourth-order valence-electron chi connectivity index (χ4n) is 4.97. The third-order valence-corrected chi connectivity index (χ3v) is 7.16. The lowest BCUT2D eigenvalue weighted by molar-refractivity contribution is -0.129. The van der Waals surface area contributed by atoms with Crippen molar-refractivity contribution in [1.82, 2.24) is 15.2 Å². The Bertz CT molecular complexity index is 1290. The first-order valence-corrected chi connectivity index (χ1v) is 12.3. The first-order valence-electron chi connectivity index (χ1n) is 12.3. The fourth-order valence-corrected chi connectivity index (χ4v) is 4.97. The smallest absolute Gasteiger partial charge is 0.253 e. The van der Waals surface area contributed by atoms with Gasteiger partial charge < -0.3 is 14.6 Å². The van der Waals surface area contributed by atoms with Gasteiger partial charge in [-0.3, -0.25) is 9.59 Å². The molecule has 1 N–H and O–H groups in total. The van der Waals surface area contributed by atoms with E-state index in [0.717, 1.165) is 16.7 Å². The van der Waals surface area contributed by atoms with E-state index in [-0.39, 0.29) is 17.9 Å². The maximum atomic E-state index is 13.8. The number of rotatable bonds is 6. The van der Waals surface area contributed by atoms with E-state index in [1.807, 2.05) is 96.8 Å². The molecule has 1 fully saturated rings.